The zero-order chi connectivity index (χ0) is 20.8. The summed E-state index contributed by atoms with van der Waals surface area (Å²) in [6, 6.07) is 12.6. The normalized spacial score (nSPS) is 13.8. The number of nitrogens with zero attached hydrogens (tertiary/aromatic N) is 3. The Kier molecular flexibility index (Phi) is 4.34. The smallest absolute Gasteiger partial charge is 0.337 e. The van der Waals surface area contributed by atoms with Gasteiger partial charge >= 0.3 is 5.97 Å². The van der Waals surface area contributed by atoms with E-state index >= 15 is 0 Å². The fourth-order valence-corrected chi connectivity index (χ4v) is 4.06. The molecule has 2 aromatic carbocycles. The first kappa shape index (κ1) is 18.5. The van der Waals surface area contributed by atoms with Gasteiger partial charge in [-0.25, -0.2) is 23.5 Å². The van der Waals surface area contributed by atoms with Gasteiger partial charge in [0.25, 0.3) is 6.43 Å². The Morgan fingerprint density at radius 1 is 1.17 bits per heavy atom. The third-order valence-electron chi connectivity index (χ3n) is 5.49. The van der Waals surface area contributed by atoms with E-state index in [-0.39, 0.29) is 0 Å². The standard InChI is InChI=1S/C22H18F2N4O2/c1-30-22(29)12-6-7-17-14(10-12)15-11-28(9-8-18(15)25-17)21-13-4-2-3-5-16(13)26-20(27-21)19(23)24/h2-7,10,19,25H,8-9,11H2,1H3. The molecule has 152 valence electrons. The van der Waals surface area contributed by atoms with Gasteiger partial charge in [-0.1, -0.05) is 12.1 Å². The van der Waals surface area contributed by atoms with Crippen LogP contribution >= 0.6 is 0 Å². The Morgan fingerprint density at radius 2 is 2.00 bits per heavy atom. The van der Waals surface area contributed by atoms with Gasteiger partial charge in [0.15, 0.2) is 5.82 Å². The Morgan fingerprint density at radius 3 is 2.80 bits per heavy atom. The number of anilines is 1. The van der Waals surface area contributed by atoms with Gasteiger partial charge in [-0.05, 0) is 30.3 Å². The zero-order valence-corrected chi connectivity index (χ0v) is 16.2. The molecular weight excluding hydrogens is 390 g/mol. The van der Waals surface area contributed by atoms with Gasteiger partial charge in [-0.3, -0.25) is 0 Å². The van der Waals surface area contributed by atoms with Crippen LogP contribution in [0.1, 0.15) is 33.9 Å². The van der Waals surface area contributed by atoms with Crippen molar-refractivity contribution < 1.29 is 18.3 Å². The van der Waals surface area contributed by atoms with Crippen molar-refractivity contribution in [2.24, 2.45) is 0 Å². The number of halogens is 2. The Labute approximate surface area is 170 Å². The number of methoxy groups -OCH3 is 1. The Hall–Kier alpha value is -3.55. The van der Waals surface area contributed by atoms with Crippen LogP contribution < -0.4 is 4.90 Å². The molecule has 0 bridgehead atoms. The number of carbonyl (C=O) groups excluding carboxylic acids is 1. The number of fused-ring (bicyclic) bond motifs is 4. The maximum Gasteiger partial charge on any atom is 0.337 e. The summed E-state index contributed by atoms with van der Waals surface area (Å²) in [7, 11) is 1.35. The molecule has 1 aliphatic rings. The number of rotatable bonds is 3. The summed E-state index contributed by atoms with van der Waals surface area (Å²) in [6.45, 7) is 1.12. The summed E-state index contributed by atoms with van der Waals surface area (Å²) in [5, 5.41) is 1.66. The average molecular weight is 408 g/mol. The molecule has 2 aromatic heterocycles. The zero-order valence-electron chi connectivity index (χ0n) is 16.2. The number of H-pyrrole nitrogens is 1. The maximum atomic E-state index is 13.4. The lowest BCUT2D eigenvalue weighted by Gasteiger charge is -2.29. The number of nitrogens with one attached hydrogen (secondary N) is 1. The molecule has 4 aromatic rings. The van der Waals surface area contributed by atoms with E-state index in [9.17, 15) is 13.6 Å². The van der Waals surface area contributed by atoms with E-state index in [4.69, 9.17) is 4.74 Å². The van der Waals surface area contributed by atoms with Crippen LogP contribution in [0, 0.1) is 0 Å². The van der Waals surface area contributed by atoms with Crippen LogP contribution in [0.2, 0.25) is 0 Å². The number of para-hydroxylation sites is 1. The molecule has 0 aliphatic carbocycles. The number of benzene rings is 2. The number of esters is 1. The fraction of sp³-hybridized carbons (Fsp3) is 0.227. The summed E-state index contributed by atoms with van der Waals surface area (Å²) in [5.41, 5.74) is 4.00. The number of hydrogen-bond acceptors (Lipinski definition) is 5. The number of hydrogen-bond donors (Lipinski definition) is 1. The molecule has 0 radical (unpaired) electrons. The predicted octanol–water partition coefficient (Wildman–Crippen LogP) is 4.40. The first-order chi connectivity index (χ1) is 14.5. The third kappa shape index (κ3) is 2.96. The molecule has 3 heterocycles. The summed E-state index contributed by atoms with van der Waals surface area (Å²) in [4.78, 5) is 25.6. The lowest BCUT2D eigenvalue weighted by atomic mass is 10.0. The van der Waals surface area contributed by atoms with Crippen LogP contribution in [-0.2, 0) is 17.7 Å². The second-order valence-electron chi connectivity index (χ2n) is 7.23. The minimum Gasteiger partial charge on any atom is -0.465 e. The molecule has 1 N–H and O–H groups in total. The number of ether oxygens (including phenoxy) is 1. The minimum atomic E-state index is -2.75. The molecule has 0 spiro atoms. The van der Waals surface area contributed by atoms with Gasteiger partial charge in [0.2, 0.25) is 0 Å². The van der Waals surface area contributed by atoms with Crippen LogP contribution in [0.25, 0.3) is 21.8 Å². The van der Waals surface area contributed by atoms with Crippen molar-refractivity contribution in [2.45, 2.75) is 19.4 Å². The molecule has 30 heavy (non-hydrogen) atoms. The second-order valence-corrected chi connectivity index (χ2v) is 7.23. The van der Waals surface area contributed by atoms with Crippen molar-refractivity contribution in [3.63, 3.8) is 0 Å². The van der Waals surface area contributed by atoms with Crippen LogP contribution in [-0.4, -0.2) is 34.6 Å². The molecular formula is C22H18F2N4O2. The summed E-state index contributed by atoms with van der Waals surface area (Å²) >= 11 is 0. The van der Waals surface area contributed by atoms with E-state index in [1.807, 2.05) is 29.2 Å². The second kappa shape index (κ2) is 7.05. The number of aromatic amines is 1. The Bertz CT molecular complexity index is 1290. The van der Waals surface area contributed by atoms with Gasteiger partial charge < -0.3 is 14.6 Å². The van der Waals surface area contributed by atoms with E-state index in [2.05, 4.69) is 15.0 Å². The molecule has 0 fully saturated rings. The van der Waals surface area contributed by atoms with Gasteiger partial charge in [0.05, 0.1) is 18.2 Å². The van der Waals surface area contributed by atoms with E-state index in [1.54, 1.807) is 18.2 Å². The van der Waals surface area contributed by atoms with Crippen LogP contribution in [0.15, 0.2) is 42.5 Å². The number of aromatic nitrogens is 3. The molecule has 0 amide bonds. The molecule has 1 aliphatic heterocycles. The summed E-state index contributed by atoms with van der Waals surface area (Å²) in [6.07, 6.45) is -2.04. The number of alkyl halides is 2. The van der Waals surface area contributed by atoms with Gasteiger partial charge in [0, 0.05) is 47.1 Å². The molecule has 5 rings (SSSR count). The summed E-state index contributed by atoms with van der Waals surface area (Å²) < 4.78 is 31.6. The van der Waals surface area contributed by atoms with Crippen molar-refractivity contribution in [2.75, 3.05) is 18.6 Å². The van der Waals surface area contributed by atoms with E-state index in [0.29, 0.717) is 36.4 Å². The van der Waals surface area contributed by atoms with Crippen molar-refractivity contribution in [3.05, 3.63) is 65.1 Å². The number of carbonyl (C=O) groups is 1. The van der Waals surface area contributed by atoms with E-state index < -0.39 is 18.2 Å². The minimum absolute atomic E-state index is 0.400. The lowest BCUT2D eigenvalue weighted by molar-refractivity contribution is 0.0601. The molecule has 8 heteroatoms. The summed E-state index contributed by atoms with van der Waals surface area (Å²) in [5.74, 6) is -0.371. The van der Waals surface area contributed by atoms with E-state index in [1.165, 1.54) is 7.11 Å². The third-order valence-corrected chi connectivity index (χ3v) is 5.49. The fourth-order valence-electron chi connectivity index (χ4n) is 4.06. The molecule has 0 saturated carbocycles. The average Bonchev–Trinajstić information content (AvgIpc) is 3.14. The Balaban J connectivity index is 1.61. The van der Waals surface area contributed by atoms with Crippen LogP contribution in [0.5, 0.6) is 0 Å². The quantitative estimate of drug-likeness (QED) is 0.509. The molecule has 0 saturated heterocycles. The van der Waals surface area contributed by atoms with Crippen LogP contribution in [0.3, 0.4) is 0 Å². The van der Waals surface area contributed by atoms with Crippen molar-refractivity contribution in [1.82, 2.24) is 15.0 Å². The highest BCUT2D eigenvalue weighted by molar-refractivity contribution is 5.96. The highest BCUT2D eigenvalue weighted by atomic mass is 19.3. The van der Waals surface area contributed by atoms with Gasteiger partial charge in [-0.15, -0.1) is 0 Å². The highest BCUT2D eigenvalue weighted by Gasteiger charge is 2.25. The van der Waals surface area contributed by atoms with Crippen molar-refractivity contribution >= 4 is 33.6 Å². The highest BCUT2D eigenvalue weighted by Crippen LogP contribution is 2.34. The molecule has 6 nitrogen and oxygen atoms in total. The van der Waals surface area contributed by atoms with Crippen molar-refractivity contribution in [1.29, 1.82) is 0 Å². The van der Waals surface area contributed by atoms with Crippen molar-refractivity contribution in [3.8, 4) is 0 Å². The van der Waals surface area contributed by atoms with Gasteiger partial charge in [-0.2, -0.15) is 0 Å². The topological polar surface area (TPSA) is 71.1 Å². The van der Waals surface area contributed by atoms with E-state index in [0.717, 1.165) is 27.5 Å². The van der Waals surface area contributed by atoms with Crippen LogP contribution in [0.4, 0.5) is 14.6 Å². The monoisotopic (exact) mass is 408 g/mol. The largest absolute Gasteiger partial charge is 0.465 e. The SMILES string of the molecule is COC(=O)c1ccc2[nH]c3c(c2c1)CN(c1nc(C(F)F)nc2ccccc12)CC3. The molecule has 0 atom stereocenters. The van der Waals surface area contributed by atoms with Gasteiger partial charge in [0.1, 0.15) is 5.82 Å². The maximum absolute atomic E-state index is 13.4. The first-order valence-corrected chi connectivity index (χ1v) is 9.56. The lowest BCUT2D eigenvalue weighted by Crippen LogP contribution is -2.31. The molecule has 0 unspecified atom stereocenters. The first-order valence-electron chi connectivity index (χ1n) is 9.56. The predicted molar refractivity (Wildman–Crippen MR) is 109 cm³/mol.